The van der Waals surface area contributed by atoms with Gasteiger partial charge in [-0.25, -0.2) is 9.97 Å². The summed E-state index contributed by atoms with van der Waals surface area (Å²) in [7, 11) is 0. The summed E-state index contributed by atoms with van der Waals surface area (Å²) in [6, 6.07) is 7.98. The smallest absolute Gasteiger partial charge is 0.136 e. The fraction of sp³-hybridized carbons (Fsp3) is 0.333. The lowest BCUT2D eigenvalue weighted by atomic mass is 10.1. The first-order valence-electron chi connectivity index (χ1n) is 6.44. The van der Waals surface area contributed by atoms with Crippen molar-refractivity contribution >= 4 is 17.3 Å². The third-order valence-electron chi connectivity index (χ3n) is 3.06. The van der Waals surface area contributed by atoms with Crippen molar-refractivity contribution in [2.45, 2.75) is 33.6 Å². The predicted octanol–water partition coefficient (Wildman–Crippen LogP) is 3.54. The fourth-order valence-corrected chi connectivity index (χ4v) is 1.77. The molecule has 0 aliphatic heterocycles. The lowest BCUT2D eigenvalue weighted by Crippen LogP contribution is -2.05. The molecule has 3 N–H and O–H groups in total. The van der Waals surface area contributed by atoms with Crippen LogP contribution in [-0.2, 0) is 0 Å². The molecule has 0 radical (unpaired) electrons. The first-order chi connectivity index (χ1) is 8.95. The molecule has 100 valence electrons. The van der Waals surface area contributed by atoms with E-state index < -0.39 is 0 Å². The van der Waals surface area contributed by atoms with Crippen molar-refractivity contribution in [1.29, 1.82) is 0 Å². The number of nitrogen functional groups attached to an aromatic ring is 1. The van der Waals surface area contributed by atoms with Crippen LogP contribution in [-0.4, -0.2) is 9.97 Å². The standard InChI is InChI=1S/C15H20N4/c1-9(2)15-18-13(16)8-14(19-15)17-12-6-5-10(3)11(4)7-12/h5-9H,1-4H3,(H3,16,17,18,19). The van der Waals surface area contributed by atoms with Crippen molar-refractivity contribution < 1.29 is 0 Å². The van der Waals surface area contributed by atoms with E-state index in [0.29, 0.717) is 5.82 Å². The van der Waals surface area contributed by atoms with Gasteiger partial charge in [-0.3, -0.25) is 0 Å². The van der Waals surface area contributed by atoms with Crippen LogP contribution in [0.1, 0.15) is 36.7 Å². The Hall–Kier alpha value is -2.10. The quantitative estimate of drug-likeness (QED) is 0.881. The summed E-state index contributed by atoms with van der Waals surface area (Å²) in [5, 5.41) is 3.28. The van der Waals surface area contributed by atoms with Crippen LogP contribution in [0.4, 0.5) is 17.3 Å². The Morgan fingerprint density at radius 3 is 2.42 bits per heavy atom. The normalized spacial score (nSPS) is 10.8. The van der Waals surface area contributed by atoms with Crippen LogP contribution in [0.2, 0.25) is 0 Å². The zero-order valence-electron chi connectivity index (χ0n) is 11.9. The Kier molecular flexibility index (Phi) is 3.69. The maximum absolute atomic E-state index is 5.81. The molecule has 0 unspecified atom stereocenters. The van der Waals surface area contributed by atoms with Gasteiger partial charge in [-0.15, -0.1) is 0 Å². The molecule has 0 amide bonds. The first-order valence-corrected chi connectivity index (χ1v) is 6.44. The minimum Gasteiger partial charge on any atom is -0.384 e. The summed E-state index contributed by atoms with van der Waals surface area (Å²) in [4.78, 5) is 8.71. The lowest BCUT2D eigenvalue weighted by molar-refractivity contribution is 0.779. The molecule has 1 aromatic carbocycles. The number of benzene rings is 1. The molecule has 0 fully saturated rings. The molecule has 0 atom stereocenters. The second kappa shape index (κ2) is 5.26. The van der Waals surface area contributed by atoms with E-state index in [4.69, 9.17) is 5.73 Å². The van der Waals surface area contributed by atoms with Gasteiger partial charge in [0.2, 0.25) is 0 Å². The van der Waals surface area contributed by atoms with Gasteiger partial charge in [0, 0.05) is 17.7 Å². The van der Waals surface area contributed by atoms with Crippen molar-refractivity contribution in [2.75, 3.05) is 11.1 Å². The molecule has 2 rings (SSSR count). The van der Waals surface area contributed by atoms with Crippen LogP contribution >= 0.6 is 0 Å². The van der Waals surface area contributed by atoms with Crippen molar-refractivity contribution in [3.8, 4) is 0 Å². The number of nitrogens with zero attached hydrogens (tertiary/aromatic N) is 2. The third kappa shape index (κ3) is 3.22. The van der Waals surface area contributed by atoms with E-state index in [1.807, 2.05) is 6.07 Å². The average molecular weight is 256 g/mol. The SMILES string of the molecule is Cc1ccc(Nc2cc(N)nc(C(C)C)n2)cc1C. The molecule has 1 heterocycles. The van der Waals surface area contributed by atoms with Gasteiger partial charge in [-0.05, 0) is 37.1 Å². The minimum absolute atomic E-state index is 0.254. The molecule has 0 bridgehead atoms. The van der Waals surface area contributed by atoms with E-state index in [1.165, 1.54) is 11.1 Å². The van der Waals surface area contributed by atoms with Gasteiger partial charge in [0.25, 0.3) is 0 Å². The summed E-state index contributed by atoms with van der Waals surface area (Å²) in [6.45, 7) is 8.29. The van der Waals surface area contributed by atoms with E-state index in [9.17, 15) is 0 Å². The number of aromatic nitrogens is 2. The summed E-state index contributed by atoms with van der Waals surface area (Å²) in [5.41, 5.74) is 9.34. The monoisotopic (exact) mass is 256 g/mol. The summed E-state index contributed by atoms with van der Waals surface area (Å²) in [5.74, 6) is 2.24. The molecule has 19 heavy (non-hydrogen) atoms. The number of rotatable bonds is 3. The Labute approximate surface area is 114 Å². The second-order valence-electron chi connectivity index (χ2n) is 5.11. The molecule has 1 aromatic heterocycles. The number of nitrogens with two attached hydrogens (primary N) is 1. The fourth-order valence-electron chi connectivity index (χ4n) is 1.77. The summed E-state index contributed by atoms with van der Waals surface area (Å²) in [6.07, 6.45) is 0. The summed E-state index contributed by atoms with van der Waals surface area (Å²) >= 11 is 0. The van der Waals surface area contributed by atoms with Gasteiger partial charge in [-0.1, -0.05) is 19.9 Å². The third-order valence-corrected chi connectivity index (χ3v) is 3.06. The van der Waals surface area contributed by atoms with Crippen LogP contribution in [0.5, 0.6) is 0 Å². The van der Waals surface area contributed by atoms with Gasteiger partial charge in [0.15, 0.2) is 0 Å². The molecule has 0 saturated carbocycles. The van der Waals surface area contributed by atoms with Crippen LogP contribution in [0.3, 0.4) is 0 Å². The number of aryl methyl sites for hydroxylation is 2. The molecule has 4 nitrogen and oxygen atoms in total. The first kappa shape index (κ1) is 13.3. The number of anilines is 3. The highest BCUT2D eigenvalue weighted by atomic mass is 15.1. The van der Waals surface area contributed by atoms with Crippen LogP contribution in [0.25, 0.3) is 0 Å². The maximum atomic E-state index is 5.81. The molecule has 0 aliphatic carbocycles. The molecule has 0 aliphatic rings. The van der Waals surface area contributed by atoms with E-state index >= 15 is 0 Å². The Morgan fingerprint density at radius 2 is 1.79 bits per heavy atom. The van der Waals surface area contributed by atoms with Crippen LogP contribution in [0, 0.1) is 13.8 Å². The molecular formula is C15H20N4. The zero-order valence-corrected chi connectivity index (χ0v) is 11.9. The van der Waals surface area contributed by atoms with Gasteiger partial charge in [0.05, 0.1) is 0 Å². The molecule has 0 saturated heterocycles. The van der Waals surface area contributed by atoms with Crippen molar-refractivity contribution in [3.05, 3.63) is 41.2 Å². The van der Waals surface area contributed by atoms with Gasteiger partial charge < -0.3 is 11.1 Å². The highest BCUT2D eigenvalue weighted by Crippen LogP contribution is 2.21. The Balaban J connectivity index is 2.29. The molecular weight excluding hydrogens is 236 g/mol. The van der Waals surface area contributed by atoms with Crippen LogP contribution < -0.4 is 11.1 Å². The average Bonchev–Trinajstić information content (AvgIpc) is 2.33. The van der Waals surface area contributed by atoms with E-state index in [2.05, 4.69) is 55.1 Å². The zero-order chi connectivity index (χ0) is 14.0. The molecule has 0 spiro atoms. The summed E-state index contributed by atoms with van der Waals surface area (Å²) < 4.78 is 0. The lowest BCUT2D eigenvalue weighted by Gasteiger charge is -2.11. The van der Waals surface area contributed by atoms with E-state index in [1.54, 1.807) is 6.07 Å². The maximum Gasteiger partial charge on any atom is 0.136 e. The number of nitrogens with one attached hydrogen (secondary N) is 1. The van der Waals surface area contributed by atoms with E-state index in [-0.39, 0.29) is 5.92 Å². The topological polar surface area (TPSA) is 63.8 Å². The van der Waals surface area contributed by atoms with Crippen molar-refractivity contribution in [1.82, 2.24) is 9.97 Å². The van der Waals surface area contributed by atoms with Gasteiger partial charge in [0.1, 0.15) is 17.5 Å². The Morgan fingerprint density at radius 1 is 1.05 bits per heavy atom. The highest BCUT2D eigenvalue weighted by molar-refractivity contribution is 5.60. The van der Waals surface area contributed by atoms with Gasteiger partial charge in [-0.2, -0.15) is 0 Å². The highest BCUT2D eigenvalue weighted by Gasteiger charge is 2.07. The number of hydrogen-bond donors (Lipinski definition) is 2. The van der Waals surface area contributed by atoms with Crippen molar-refractivity contribution in [3.63, 3.8) is 0 Å². The number of hydrogen-bond acceptors (Lipinski definition) is 4. The van der Waals surface area contributed by atoms with E-state index in [0.717, 1.165) is 17.3 Å². The molecule has 4 heteroatoms. The van der Waals surface area contributed by atoms with Crippen molar-refractivity contribution in [2.24, 2.45) is 0 Å². The van der Waals surface area contributed by atoms with Gasteiger partial charge >= 0.3 is 0 Å². The minimum atomic E-state index is 0.254. The molecule has 2 aromatic rings. The second-order valence-corrected chi connectivity index (χ2v) is 5.11. The Bertz CT molecular complexity index is 591. The predicted molar refractivity (Wildman–Crippen MR) is 79.7 cm³/mol. The van der Waals surface area contributed by atoms with Crippen LogP contribution in [0.15, 0.2) is 24.3 Å². The largest absolute Gasteiger partial charge is 0.384 e.